The van der Waals surface area contributed by atoms with Crippen molar-refractivity contribution in [1.29, 1.82) is 0 Å². The van der Waals surface area contributed by atoms with Gasteiger partial charge in [-0.1, -0.05) is 41.9 Å². The molecule has 0 unspecified atom stereocenters. The molecule has 0 bridgehead atoms. The zero-order valence-electron chi connectivity index (χ0n) is 18.2. The molecule has 2 aromatic carbocycles. The Morgan fingerprint density at radius 1 is 1.12 bits per heavy atom. The van der Waals surface area contributed by atoms with Crippen LogP contribution in [0.15, 0.2) is 72.1 Å². The van der Waals surface area contributed by atoms with Crippen LogP contribution in [0.1, 0.15) is 18.5 Å². The van der Waals surface area contributed by atoms with Crippen LogP contribution in [0, 0.1) is 0 Å². The van der Waals surface area contributed by atoms with Gasteiger partial charge in [-0.2, -0.15) is 5.10 Å². The molecule has 8 nitrogen and oxygen atoms in total. The quantitative estimate of drug-likeness (QED) is 0.405. The lowest BCUT2D eigenvalue weighted by Crippen LogP contribution is -2.45. The van der Waals surface area contributed by atoms with E-state index in [4.69, 9.17) is 26.2 Å². The lowest BCUT2D eigenvalue weighted by atomic mass is 9.94. The van der Waals surface area contributed by atoms with E-state index < -0.39 is 18.0 Å². The molecule has 2 heterocycles. The Hall–Kier alpha value is -3.62. The molecule has 2 N–H and O–H groups in total. The van der Waals surface area contributed by atoms with Crippen LogP contribution in [0.2, 0.25) is 5.02 Å². The summed E-state index contributed by atoms with van der Waals surface area (Å²) >= 11 is 6.08. The number of nitrogens with zero attached hydrogens (tertiary/aromatic N) is 2. The number of benzene rings is 2. The van der Waals surface area contributed by atoms with E-state index in [-0.39, 0.29) is 13.2 Å². The van der Waals surface area contributed by atoms with Crippen molar-refractivity contribution >= 4 is 23.6 Å². The number of hydrogen-bond donors (Lipinski definition) is 2. The van der Waals surface area contributed by atoms with Crippen LogP contribution in [0.25, 0.3) is 16.9 Å². The molecule has 1 aliphatic heterocycles. The number of carbonyl (C=O) groups excluding carboxylic acids is 2. The van der Waals surface area contributed by atoms with Gasteiger partial charge in [-0.3, -0.25) is 0 Å². The van der Waals surface area contributed by atoms with Gasteiger partial charge in [-0.25, -0.2) is 14.3 Å². The molecule has 0 radical (unpaired) electrons. The molecule has 0 fully saturated rings. The first-order chi connectivity index (χ1) is 16.0. The summed E-state index contributed by atoms with van der Waals surface area (Å²) in [5.74, 6) is -0.545. The van der Waals surface area contributed by atoms with Crippen molar-refractivity contribution < 1.29 is 19.1 Å². The largest absolute Gasteiger partial charge is 0.460 e. The highest BCUT2D eigenvalue weighted by Crippen LogP contribution is 2.35. The van der Waals surface area contributed by atoms with Crippen LogP contribution in [-0.4, -0.2) is 42.1 Å². The van der Waals surface area contributed by atoms with Gasteiger partial charge in [0.1, 0.15) is 6.61 Å². The smallest absolute Gasteiger partial charge is 0.338 e. The fourth-order valence-corrected chi connectivity index (χ4v) is 3.76. The van der Waals surface area contributed by atoms with Gasteiger partial charge in [0.2, 0.25) is 0 Å². The fourth-order valence-electron chi connectivity index (χ4n) is 3.64. The Morgan fingerprint density at radius 3 is 2.55 bits per heavy atom. The maximum atomic E-state index is 13.0. The monoisotopic (exact) mass is 466 g/mol. The summed E-state index contributed by atoms with van der Waals surface area (Å²) < 4.78 is 12.1. The zero-order valence-corrected chi connectivity index (χ0v) is 18.9. The van der Waals surface area contributed by atoms with E-state index in [2.05, 4.69) is 10.6 Å². The molecule has 0 aliphatic carbocycles. The molecule has 170 valence electrons. The van der Waals surface area contributed by atoms with Crippen LogP contribution < -0.4 is 10.6 Å². The summed E-state index contributed by atoms with van der Waals surface area (Å²) in [7, 11) is 1.53. The van der Waals surface area contributed by atoms with Crippen molar-refractivity contribution in [2.45, 2.75) is 13.0 Å². The third-order valence-electron chi connectivity index (χ3n) is 5.20. The molecule has 1 aromatic heterocycles. The zero-order chi connectivity index (χ0) is 23.4. The Morgan fingerprint density at radius 2 is 1.85 bits per heavy atom. The van der Waals surface area contributed by atoms with Gasteiger partial charge in [0.15, 0.2) is 0 Å². The Balaban J connectivity index is 1.83. The van der Waals surface area contributed by atoms with Crippen LogP contribution in [0.3, 0.4) is 0 Å². The third kappa shape index (κ3) is 4.92. The van der Waals surface area contributed by atoms with Crippen LogP contribution in [0.4, 0.5) is 4.79 Å². The van der Waals surface area contributed by atoms with E-state index in [1.165, 1.54) is 7.11 Å². The summed E-state index contributed by atoms with van der Waals surface area (Å²) in [6.45, 7) is 2.03. The summed E-state index contributed by atoms with van der Waals surface area (Å²) in [5, 5.41) is 10.9. The molecule has 4 rings (SSSR count). The van der Waals surface area contributed by atoms with Crippen LogP contribution in [0.5, 0.6) is 0 Å². The number of urea groups is 1. The van der Waals surface area contributed by atoms with E-state index >= 15 is 0 Å². The second-order valence-corrected chi connectivity index (χ2v) is 7.86. The highest BCUT2D eigenvalue weighted by Gasteiger charge is 2.35. The molecule has 33 heavy (non-hydrogen) atoms. The average Bonchev–Trinajstić information content (AvgIpc) is 3.25. The SMILES string of the molecule is COCCOC(=O)C1=C(C)NC(=O)N[C@@H]1c1cn(-c2ccccc2)nc1-c1ccc(Cl)cc1. The molecule has 0 spiro atoms. The summed E-state index contributed by atoms with van der Waals surface area (Å²) in [5.41, 5.74) is 3.60. The second-order valence-electron chi connectivity index (χ2n) is 7.42. The molecule has 9 heteroatoms. The first-order valence-corrected chi connectivity index (χ1v) is 10.7. The van der Waals surface area contributed by atoms with E-state index in [1.54, 1.807) is 23.7 Å². The first-order valence-electron chi connectivity index (χ1n) is 10.3. The Kier molecular flexibility index (Phi) is 6.76. The lowest BCUT2D eigenvalue weighted by Gasteiger charge is -2.28. The molecule has 0 saturated carbocycles. The van der Waals surface area contributed by atoms with Gasteiger partial charge in [0.05, 0.1) is 29.6 Å². The minimum atomic E-state index is -0.767. The van der Waals surface area contributed by atoms with Crippen molar-refractivity contribution in [2.75, 3.05) is 20.3 Å². The number of methoxy groups -OCH3 is 1. The number of amides is 2. The predicted molar refractivity (Wildman–Crippen MR) is 124 cm³/mol. The van der Waals surface area contributed by atoms with Crippen molar-refractivity contribution in [3.8, 4) is 16.9 Å². The number of para-hydroxylation sites is 1. The number of rotatable bonds is 7. The van der Waals surface area contributed by atoms with Crippen molar-refractivity contribution in [2.24, 2.45) is 0 Å². The van der Waals surface area contributed by atoms with Gasteiger partial charge in [-0.05, 0) is 31.2 Å². The van der Waals surface area contributed by atoms with E-state index in [0.29, 0.717) is 27.6 Å². The minimum Gasteiger partial charge on any atom is -0.460 e. The highest BCUT2D eigenvalue weighted by atomic mass is 35.5. The fraction of sp³-hybridized carbons (Fsp3) is 0.208. The van der Waals surface area contributed by atoms with Gasteiger partial charge in [0.25, 0.3) is 0 Å². The normalized spacial score (nSPS) is 15.7. The predicted octanol–water partition coefficient (Wildman–Crippen LogP) is 4.01. The first kappa shape index (κ1) is 22.6. The number of aromatic nitrogens is 2. The number of ether oxygens (including phenoxy) is 2. The minimum absolute atomic E-state index is 0.0973. The molecular formula is C24H23ClN4O4. The Bertz CT molecular complexity index is 1190. The molecule has 2 amide bonds. The summed E-state index contributed by atoms with van der Waals surface area (Å²) in [6, 6.07) is 15.6. The van der Waals surface area contributed by atoms with Crippen LogP contribution >= 0.6 is 11.6 Å². The number of halogens is 1. The van der Waals surface area contributed by atoms with Crippen molar-refractivity contribution in [3.05, 3.63) is 82.7 Å². The molecular weight excluding hydrogens is 444 g/mol. The molecule has 1 atom stereocenters. The maximum Gasteiger partial charge on any atom is 0.338 e. The summed E-state index contributed by atoms with van der Waals surface area (Å²) in [4.78, 5) is 25.4. The highest BCUT2D eigenvalue weighted by molar-refractivity contribution is 6.30. The van der Waals surface area contributed by atoms with E-state index in [1.807, 2.05) is 48.7 Å². The van der Waals surface area contributed by atoms with Crippen molar-refractivity contribution in [1.82, 2.24) is 20.4 Å². The molecule has 3 aromatic rings. The summed E-state index contributed by atoms with van der Waals surface area (Å²) in [6.07, 6.45) is 1.81. The Labute approximate surface area is 196 Å². The lowest BCUT2D eigenvalue weighted by molar-refractivity contribution is -0.140. The number of nitrogens with one attached hydrogen (secondary N) is 2. The molecule has 1 aliphatic rings. The second kappa shape index (κ2) is 9.89. The maximum absolute atomic E-state index is 13.0. The van der Waals surface area contributed by atoms with E-state index in [0.717, 1.165) is 11.3 Å². The third-order valence-corrected chi connectivity index (χ3v) is 5.45. The molecule has 0 saturated heterocycles. The number of allylic oxidation sites excluding steroid dienone is 1. The van der Waals surface area contributed by atoms with E-state index in [9.17, 15) is 9.59 Å². The van der Waals surface area contributed by atoms with Crippen LogP contribution in [-0.2, 0) is 14.3 Å². The van der Waals surface area contributed by atoms with Gasteiger partial charge < -0.3 is 20.1 Å². The number of carbonyl (C=O) groups is 2. The average molecular weight is 467 g/mol. The number of esters is 1. The number of hydrogen-bond acceptors (Lipinski definition) is 5. The topological polar surface area (TPSA) is 94.5 Å². The van der Waals surface area contributed by atoms with Crippen molar-refractivity contribution in [3.63, 3.8) is 0 Å². The van der Waals surface area contributed by atoms with Gasteiger partial charge >= 0.3 is 12.0 Å². The van der Waals surface area contributed by atoms with Gasteiger partial charge in [-0.15, -0.1) is 0 Å². The van der Waals surface area contributed by atoms with Gasteiger partial charge in [0, 0.05) is 35.2 Å². The standard InChI is InChI=1S/C24H23ClN4O4/c1-15-20(23(30)33-13-12-32-2)22(27-24(31)26-15)19-14-29(18-6-4-3-5-7-18)28-21(19)16-8-10-17(25)11-9-16/h3-11,14,22H,12-13H2,1-2H3,(H2,26,27,31)/t22-/m1/s1.